The SMILES string of the molecule is NC(=O)C(N)CCN1CCCOCC1. The smallest absolute Gasteiger partial charge is 0.234 e. The fourth-order valence-corrected chi connectivity index (χ4v) is 1.49. The summed E-state index contributed by atoms with van der Waals surface area (Å²) in [6.07, 6.45) is 1.68. The molecule has 0 radical (unpaired) electrons. The van der Waals surface area contributed by atoms with E-state index < -0.39 is 11.9 Å². The standard InChI is InChI=1S/C9H19N3O2/c10-8(9(11)13)2-4-12-3-1-6-14-7-5-12/h8H,1-7,10H2,(H2,11,13). The van der Waals surface area contributed by atoms with E-state index in [-0.39, 0.29) is 0 Å². The van der Waals surface area contributed by atoms with Crippen LogP contribution < -0.4 is 11.5 Å². The third-order valence-corrected chi connectivity index (χ3v) is 2.44. The molecular formula is C9H19N3O2. The van der Waals surface area contributed by atoms with E-state index in [2.05, 4.69) is 4.90 Å². The summed E-state index contributed by atoms with van der Waals surface area (Å²) in [6.45, 7) is 4.37. The fraction of sp³-hybridized carbons (Fsp3) is 0.889. The zero-order chi connectivity index (χ0) is 10.4. The van der Waals surface area contributed by atoms with Crippen molar-refractivity contribution in [1.82, 2.24) is 4.90 Å². The van der Waals surface area contributed by atoms with Crippen molar-refractivity contribution in [2.45, 2.75) is 18.9 Å². The molecule has 0 saturated carbocycles. The molecule has 0 spiro atoms. The summed E-state index contributed by atoms with van der Waals surface area (Å²) in [5.41, 5.74) is 10.6. The van der Waals surface area contributed by atoms with Crippen LogP contribution in [0.25, 0.3) is 0 Å². The molecule has 0 bridgehead atoms. The number of carbonyl (C=O) groups excluding carboxylic acids is 1. The van der Waals surface area contributed by atoms with Gasteiger partial charge < -0.3 is 21.1 Å². The number of hydrogen-bond acceptors (Lipinski definition) is 4. The monoisotopic (exact) mass is 201 g/mol. The zero-order valence-corrected chi connectivity index (χ0v) is 8.45. The van der Waals surface area contributed by atoms with E-state index in [1.165, 1.54) is 0 Å². The van der Waals surface area contributed by atoms with Crippen LogP contribution in [0.3, 0.4) is 0 Å². The van der Waals surface area contributed by atoms with E-state index in [9.17, 15) is 4.79 Å². The van der Waals surface area contributed by atoms with E-state index in [1.807, 2.05) is 0 Å². The summed E-state index contributed by atoms with van der Waals surface area (Å²) in [6, 6.07) is -0.515. The maximum Gasteiger partial charge on any atom is 0.234 e. The van der Waals surface area contributed by atoms with Crippen molar-refractivity contribution in [1.29, 1.82) is 0 Å². The summed E-state index contributed by atoms with van der Waals surface area (Å²) in [5, 5.41) is 0. The molecule has 0 aromatic heterocycles. The van der Waals surface area contributed by atoms with Crippen molar-refractivity contribution in [3.05, 3.63) is 0 Å². The van der Waals surface area contributed by atoms with Gasteiger partial charge in [0.2, 0.25) is 5.91 Å². The molecule has 5 heteroatoms. The summed E-state index contributed by atoms with van der Waals surface area (Å²) >= 11 is 0. The van der Waals surface area contributed by atoms with Crippen LogP contribution >= 0.6 is 0 Å². The fourth-order valence-electron chi connectivity index (χ4n) is 1.49. The maximum absolute atomic E-state index is 10.7. The molecule has 1 atom stereocenters. The Morgan fingerprint density at radius 1 is 1.43 bits per heavy atom. The summed E-state index contributed by atoms with van der Waals surface area (Å²) in [7, 11) is 0. The van der Waals surface area contributed by atoms with Gasteiger partial charge in [0.25, 0.3) is 0 Å². The van der Waals surface area contributed by atoms with Gasteiger partial charge in [-0.25, -0.2) is 0 Å². The largest absolute Gasteiger partial charge is 0.380 e. The third kappa shape index (κ3) is 4.04. The molecule has 0 aromatic rings. The molecule has 1 saturated heterocycles. The second kappa shape index (κ2) is 5.95. The van der Waals surface area contributed by atoms with Crippen LogP contribution in [0.2, 0.25) is 0 Å². The van der Waals surface area contributed by atoms with Gasteiger partial charge in [0.15, 0.2) is 0 Å². The predicted molar refractivity (Wildman–Crippen MR) is 53.7 cm³/mol. The second-order valence-electron chi connectivity index (χ2n) is 3.61. The van der Waals surface area contributed by atoms with Gasteiger partial charge in [-0.05, 0) is 12.8 Å². The minimum Gasteiger partial charge on any atom is -0.380 e. The first-order valence-electron chi connectivity index (χ1n) is 5.05. The molecular weight excluding hydrogens is 182 g/mol. The molecule has 14 heavy (non-hydrogen) atoms. The predicted octanol–water partition coefficient (Wildman–Crippen LogP) is -1.09. The van der Waals surface area contributed by atoms with Gasteiger partial charge >= 0.3 is 0 Å². The third-order valence-electron chi connectivity index (χ3n) is 2.44. The number of nitrogens with two attached hydrogens (primary N) is 2. The summed E-state index contributed by atoms with van der Waals surface area (Å²) in [5.74, 6) is -0.420. The molecule has 1 unspecified atom stereocenters. The highest BCUT2D eigenvalue weighted by Gasteiger charge is 2.13. The number of carbonyl (C=O) groups is 1. The molecule has 1 heterocycles. The lowest BCUT2D eigenvalue weighted by atomic mass is 10.2. The van der Waals surface area contributed by atoms with E-state index in [1.54, 1.807) is 0 Å². The Balaban J connectivity index is 2.18. The molecule has 0 aliphatic carbocycles. The van der Waals surface area contributed by atoms with Crippen LogP contribution in [-0.4, -0.2) is 49.7 Å². The average Bonchev–Trinajstić information content (AvgIpc) is 2.42. The number of primary amides is 1. The molecule has 4 N–H and O–H groups in total. The quantitative estimate of drug-likeness (QED) is 0.605. The van der Waals surface area contributed by atoms with E-state index in [0.717, 1.165) is 39.3 Å². The average molecular weight is 201 g/mol. The van der Waals surface area contributed by atoms with Crippen molar-refractivity contribution in [3.8, 4) is 0 Å². The molecule has 1 fully saturated rings. The Hall–Kier alpha value is -0.650. The van der Waals surface area contributed by atoms with Crippen molar-refractivity contribution in [2.24, 2.45) is 11.5 Å². The van der Waals surface area contributed by atoms with Crippen LogP contribution in [0, 0.1) is 0 Å². The molecule has 1 amide bonds. The molecule has 1 aliphatic rings. The van der Waals surface area contributed by atoms with Crippen LogP contribution in [-0.2, 0) is 9.53 Å². The Morgan fingerprint density at radius 3 is 2.93 bits per heavy atom. The first kappa shape index (κ1) is 11.4. The van der Waals surface area contributed by atoms with Gasteiger partial charge in [-0.15, -0.1) is 0 Å². The number of rotatable bonds is 4. The van der Waals surface area contributed by atoms with Crippen molar-refractivity contribution >= 4 is 5.91 Å². The second-order valence-corrected chi connectivity index (χ2v) is 3.61. The van der Waals surface area contributed by atoms with Crippen LogP contribution in [0.4, 0.5) is 0 Å². The normalized spacial score (nSPS) is 21.5. The molecule has 1 aliphatic heterocycles. The van der Waals surface area contributed by atoms with Gasteiger partial charge in [0.1, 0.15) is 0 Å². The van der Waals surface area contributed by atoms with E-state index >= 15 is 0 Å². The number of ether oxygens (including phenoxy) is 1. The lowest BCUT2D eigenvalue weighted by Gasteiger charge is -2.19. The first-order valence-corrected chi connectivity index (χ1v) is 5.05. The Bertz CT molecular complexity index is 179. The van der Waals surface area contributed by atoms with Crippen LogP contribution in [0.1, 0.15) is 12.8 Å². The highest BCUT2D eigenvalue weighted by atomic mass is 16.5. The van der Waals surface area contributed by atoms with Crippen molar-refractivity contribution in [3.63, 3.8) is 0 Å². The Morgan fingerprint density at radius 2 is 2.21 bits per heavy atom. The van der Waals surface area contributed by atoms with Crippen molar-refractivity contribution < 1.29 is 9.53 Å². The zero-order valence-electron chi connectivity index (χ0n) is 8.45. The van der Waals surface area contributed by atoms with E-state index in [4.69, 9.17) is 16.2 Å². The van der Waals surface area contributed by atoms with Gasteiger partial charge in [-0.2, -0.15) is 0 Å². The molecule has 5 nitrogen and oxygen atoms in total. The van der Waals surface area contributed by atoms with Crippen LogP contribution in [0.15, 0.2) is 0 Å². The van der Waals surface area contributed by atoms with Crippen molar-refractivity contribution in [2.75, 3.05) is 32.8 Å². The topological polar surface area (TPSA) is 81.6 Å². The Kier molecular flexibility index (Phi) is 4.86. The Labute approximate surface area is 84.4 Å². The number of nitrogens with zero attached hydrogens (tertiary/aromatic N) is 1. The lowest BCUT2D eigenvalue weighted by Crippen LogP contribution is -2.40. The molecule has 82 valence electrons. The highest BCUT2D eigenvalue weighted by Crippen LogP contribution is 2.00. The van der Waals surface area contributed by atoms with Gasteiger partial charge in [0, 0.05) is 26.2 Å². The van der Waals surface area contributed by atoms with Gasteiger partial charge in [0.05, 0.1) is 12.6 Å². The lowest BCUT2D eigenvalue weighted by molar-refractivity contribution is -0.119. The minimum atomic E-state index is -0.515. The maximum atomic E-state index is 10.7. The van der Waals surface area contributed by atoms with Gasteiger partial charge in [-0.1, -0.05) is 0 Å². The first-order chi connectivity index (χ1) is 6.70. The highest BCUT2D eigenvalue weighted by molar-refractivity contribution is 5.79. The minimum absolute atomic E-state index is 0.420. The van der Waals surface area contributed by atoms with Crippen LogP contribution in [0.5, 0.6) is 0 Å². The molecule has 0 aromatic carbocycles. The van der Waals surface area contributed by atoms with Gasteiger partial charge in [-0.3, -0.25) is 4.79 Å². The molecule has 1 rings (SSSR count). The number of hydrogen-bond donors (Lipinski definition) is 2. The summed E-state index contributed by atoms with van der Waals surface area (Å²) < 4.78 is 5.31. The number of amides is 1. The summed E-state index contributed by atoms with van der Waals surface area (Å²) in [4.78, 5) is 13.0. The van der Waals surface area contributed by atoms with E-state index in [0.29, 0.717) is 6.42 Å².